The van der Waals surface area contributed by atoms with Crippen molar-refractivity contribution < 1.29 is 0 Å². The molecule has 0 aliphatic rings. The fourth-order valence-electron chi connectivity index (χ4n) is 2.09. The van der Waals surface area contributed by atoms with Crippen LogP contribution in [-0.2, 0) is 6.42 Å². The molecule has 1 atom stereocenters. The van der Waals surface area contributed by atoms with Gasteiger partial charge in [0, 0.05) is 27.3 Å². The van der Waals surface area contributed by atoms with Gasteiger partial charge in [0.25, 0.3) is 0 Å². The molecule has 4 heteroatoms. The molecule has 0 radical (unpaired) electrons. The molecule has 0 saturated carbocycles. The smallest absolute Gasteiger partial charge is 0.0606 e. The molecule has 0 spiro atoms. The molecule has 96 valence electrons. The maximum atomic E-state index is 4.58. The topological polar surface area (TPSA) is 24.9 Å². The van der Waals surface area contributed by atoms with Crippen LogP contribution in [-0.4, -0.2) is 12.0 Å². The third-order valence-electron chi connectivity index (χ3n) is 2.96. The van der Waals surface area contributed by atoms with Crippen molar-refractivity contribution in [3.05, 3.63) is 49.9 Å². The third-order valence-corrected chi connectivity index (χ3v) is 4.68. The van der Waals surface area contributed by atoms with Crippen LogP contribution in [0, 0.1) is 13.8 Å². The van der Waals surface area contributed by atoms with E-state index in [1.165, 1.54) is 16.0 Å². The second kappa shape index (κ2) is 5.95. The summed E-state index contributed by atoms with van der Waals surface area (Å²) >= 11 is 5.28. The molecule has 2 heterocycles. The summed E-state index contributed by atoms with van der Waals surface area (Å²) in [5, 5.41) is 5.49. The largest absolute Gasteiger partial charge is 0.311 e. The predicted octanol–water partition coefficient (Wildman–Crippen LogP) is 4.03. The Morgan fingerprint density at radius 3 is 2.72 bits per heavy atom. The van der Waals surface area contributed by atoms with Crippen LogP contribution in [0.5, 0.6) is 0 Å². The zero-order valence-electron chi connectivity index (χ0n) is 10.8. The Morgan fingerprint density at radius 1 is 1.39 bits per heavy atom. The van der Waals surface area contributed by atoms with Gasteiger partial charge in [0.15, 0.2) is 0 Å². The van der Waals surface area contributed by atoms with Crippen molar-refractivity contribution in [1.29, 1.82) is 0 Å². The first kappa shape index (κ1) is 13.7. The minimum atomic E-state index is 0.274. The number of rotatable bonds is 4. The summed E-state index contributed by atoms with van der Waals surface area (Å²) in [5.41, 5.74) is 3.61. The maximum Gasteiger partial charge on any atom is 0.0606 e. The van der Waals surface area contributed by atoms with E-state index >= 15 is 0 Å². The second-order valence-corrected chi connectivity index (χ2v) is 6.40. The van der Waals surface area contributed by atoms with Gasteiger partial charge in [-0.05, 0) is 54.0 Å². The van der Waals surface area contributed by atoms with Crippen LogP contribution < -0.4 is 5.32 Å². The molecule has 0 fully saturated rings. The molecule has 2 aromatic rings. The first-order valence-electron chi connectivity index (χ1n) is 5.93. The van der Waals surface area contributed by atoms with E-state index in [1.807, 2.05) is 13.2 Å². The maximum absolute atomic E-state index is 4.58. The van der Waals surface area contributed by atoms with E-state index in [9.17, 15) is 0 Å². The van der Waals surface area contributed by atoms with Crippen molar-refractivity contribution in [1.82, 2.24) is 10.3 Å². The van der Waals surface area contributed by atoms with Crippen molar-refractivity contribution in [2.45, 2.75) is 26.3 Å². The first-order chi connectivity index (χ1) is 8.60. The van der Waals surface area contributed by atoms with Gasteiger partial charge in [-0.2, -0.15) is 0 Å². The lowest BCUT2D eigenvalue weighted by atomic mass is 10.0. The van der Waals surface area contributed by atoms with E-state index in [0.717, 1.165) is 16.6 Å². The average molecular weight is 325 g/mol. The predicted molar refractivity (Wildman–Crippen MR) is 81.2 cm³/mol. The summed E-state index contributed by atoms with van der Waals surface area (Å²) in [6, 6.07) is 4.64. The summed E-state index contributed by atoms with van der Waals surface area (Å²) < 4.78 is 1.16. The lowest BCUT2D eigenvalue weighted by Gasteiger charge is -2.17. The summed E-state index contributed by atoms with van der Waals surface area (Å²) in [5.74, 6) is 0. The fourth-order valence-corrected chi connectivity index (χ4v) is 3.59. The van der Waals surface area contributed by atoms with E-state index in [4.69, 9.17) is 0 Å². The van der Waals surface area contributed by atoms with Gasteiger partial charge in [-0.25, -0.2) is 0 Å². The van der Waals surface area contributed by atoms with Crippen LogP contribution in [0.15, 0.2) is 28.2 Å². The number of hydrogen-bond acceptors (Lipinski definition) is 3. The van der Waals surface area contributed by atoms with Gasteiger partial charge in [0.05, 0.1) is 11.7 Å². The Balaban J connectivity index is 2.22. The number of nitrogens with zero attached hydrogens (tertiary/aromatic N) is 1. The number of likely N-dealkylation sites (N-methyl/N-ethyl adjacent to an activating group) is 1. The van der Waals surface area contributed by atoms with E-state index in [1.54, 1.807) is 11.3 Å². The van der Waals surface area contributed by atoms with Crippen LogP contribution in [0.25, 0.3) is 0 Å². The Hall–Kier alpha value is -0.710. The molecular weight excluding hydrogens is 308 g/mol. The van der Waals surface area contributed by atoms with Crippen molar-refractivity contribution in [3.8, 4) is 0 Å². The number of hydrogen-bond donors (Lipinski definition) is 1. The van der Waals surface area contributed by atoms with Crippen molar-refractivity contribution in [2.75, 3.05) is 7.05 Å². The molecular formula is C14H17BrN2S. The Labute approximate surface area is 121 Å². The SMILES string of the molecule is CNC(Cc1cc(Br)cs1)c1ncc(C)cc1C. The lowest BCUT2D eigenvalue weighted by molar-refractivity contribution is 0.576. The highest BCUT2D eigenvalue weighted by atomic mass is 79.9. The Kier molecular flexibility index (Phi) is 4.54. The number of halogens is 1. The minimum Gasteiger partial charge on any atom is -0.311 e. The molecule has 2 nitrogen and oxygen atoms in total. The summed E-state index contributed by atoms with van der Waals surface area (Å²) in [6.45, 7) is 4.21. The highest BCUT2D eigenvalue weighted by Gasteiger charge is 2.15. The first-order valence-corrected chi connectivity index (χ1v) is 7.60. The van der Waals surface area contributed by atoms with Crippen molar-refractivity contribution in [3.63, 3.8) is 0 Å². The normalized spacial score (nSPS) is 12.7. The number of thiophene rings is 1. The van der Waals surface area contributed by atoms with Gasteiger partial charge < -0.3 is 5.32 Å². The van der Waals surface area contributed by atoms with Crippen LogP contribution >= 0.6 is 27.3 Å². The number of pyridine rings is 1. The highest BCUT2D eigenvalue weighted by molar-refractivity contribution is 9.10. The molecule has 1 N–H and O–H groups in total. The summed E-state index contributed by atoms with van der Waals surface area (Å²) in [6.07, 6.45) is 2.92. The quantitative estimate of drug-likeness (QED) is 0.918. The van der Waals surface area contributed by atoms with E-state index in [2.05, 4.69) is 57.6 Å². The molecule has 0 aliphatic carbocycles. The molecule has 18 heavy (non-hydrogen) atoms. The number of aromatic nitrogens is 1. The summed E-state index contributed by atoms with van der Waals surface area (Å²) in [4.78, 5) is 5.95. The third kappa shape index (κ3) is 3.19. The molecule has 0 aliphatic heterocycles. The van der Waals surface area contributed by atoms with Crippen LogP contribution in [0.1, 0.15) is 27.7 Å². The standard InChI is InChI=1S/C14H17BrN2S/c1-9-4-10(2)14(17-7-9)13(16-3)6-12-5-11(15)8-18-12/h4-5,7-8,13,16H,6H2,1-3H3. The van der Waals surface area contributed by atoms with E-state index < -0.39 is 0 Å². The molecule has 2 aromatic heterocycles. The molecule has 0 saturated heterocycles. The van der Waals surface area contributed by atoms with Gasteiger partial charge in [-0.3, -0.25) is 4.98 Å². The monoisotopic (exact) mass is 324 g/mol. The van der Waals surface area contributed by atoms with Crippen molar-refractivity contribution >= 4 is 27.3 Å². The van der Waals surface area contributed by atoms with Crippen LogP contribution in [0.4, 0.5) is 0 Å². The Morgan fingerprint density at radius 2 is 2.17 bits per heavy atom. The minimum absolute atomic E-state index is 0.274. The number of aryl methyl sites for hydroxylation is 2. The highest BCUT2D eigenvalue weighted by Crippen LogP contribution is 2.26. The molecule has 0 aromatic carbocycles. The fraction of sp³-hybridized carbons (Fsp3) is 0.357. The van der Waals surface area contributed by atoms with Gasteiger partial charge in [0.2, 0.25) is 0 Å². The Bertz CT molecular complexity index is 536. The van der Waals surface area contributed by atoms with Gasteiger partial charge in [0.1, 0.15) is 0 Å². The van der Waals surface area contributed by atoms with Gasteiger partial charge in [-0.1, -0.05) is 6.07 Å². The molecule has 0 bridgehead atoms. The van der Waals surface area contributed by atoms with Gasteiger partial charge in [-0.15, -0.1) is 11.3 Å². The van der Waals surface area contributed by atoms with Crippen LogP contribution in [0.3, 0.4) is 0 Å². The molecule has 2 rings (SSSR count). The van der Waals surface area contributed by atoms with E-state index in [0.29, 0.717) is 0 Å². The summed E-state index contributed by atoms with van der Waals surface area (Å²) in [7, 11) is 1.99. The van der Waals surface area contributed by atoms with Crippen molar-refractivity contribution in [2.24, 2.45) is 0 Å². The number of nitrogens with one attached hydrogen (secondary N) is 1. The lowest BCUT2D eigenvalue weighted by Crippen LogP contribution is -2.20. The van der Waals surface area contributed by atoms with E-state index in [-0.39, 0.29) is 6.04 Å². The zero-order valence-corrected chi connectivity index (χ0v) is 13.2. The zero-order chi connectivity index (χ0) is 13.1. The second-order valence-electron chi connectivity index (χ2n) is 4.49. The average Bonchev–Trinajstić information content (AvgIpc) is 2.72. The molecule has 1 unspecified atom stereocenters. The van der Waals surface area contributed by atoms with Gasteiger partial charge >= 0.3 is 0 Å². The van der Waals surface area contributed by atoms with Crippen LogP contribution in [0.2, 0.25) is 0 Å². The molecule has 0 amide bonds.